The smallest absolute Gasteiger partial charge is 0.282 e. The van der Waals surface area contributed by atoms with Gasteiger partial charge in [0, 0.05) is 20.4 Å². The van der Waals surface area contributed by atoms with Crippen LogP contribution in [0.4, 0.5) is 0 Å². The van der Waals surface area contributed by atoms with E-state index < -0.39 is 0 Å². The van der Waals surface area contributed by atoms with Crippen LogP contribution in [0.25, 0.3) is 10.9 Å². The van der Waals surface area contributed by atoms with E-state index in [0.717, 1.165) is 4.47 Å². The SMILES string of the molecule is C#CCOc1c(OC)cc(C=Nn2c(C(C)C)nc3ccc(Br)cc3c2=O)c(Br)c1Br. The molecule has 0 aliphatic rings. The van der Waals surface area contributed by atoms with Crippen molar-refractivity contribution in [3.05, 3.63) is 59.4 Å². The maximum atomic E-state index is 13.2. The fraction of sp³-hybridized carbons (Fsp3) is 0.227. The summed E-state index contributed by atoms with van der Waals surface area (Å²) in [5, 5.41) is 4.95. The standard InChI is InChI=1S/C22H18Br3N3O3/c1-5-8-31-20-17(30-4)9-13(18(24)19(20)25)11-26-28-21(12(2)3)27-16-7-6-14(23)10-15(16)22(28)29/h1,6-7,9-12H,8H2,2-4H3. The molecule has 160 valence electrons. The Bertz CT molecular complexity index is 1280. The Balaban J connectivity index is 2.16. The van der Waals surface area contributed by atoms with Crippen molar-refractivity contribution in [2.75, 3.05) is 13.7 Å². The van der Waals surface area contributed by atoms with E-state index in [0.29, 0.717) is 42.7 Å². The van der Waals surface area contributed by atoms with Crippen molar-refractivity contribution in [3.8, 4) is 23.8 Å². The first-order chi connectivity index (χ1) is 14.8. The highest BCUT2D eigenvalue weighted by atomic mass is 79.9. The molecule has 0 bridgehead atoms. The number of hydrogen-bond donors (Lipinski definition) is 0. The fourth-order valence-electron chi connectivity index (χ4n) is 2.87. The summed E-state index contributed by atoms with van der Waals surface area (Å²) >= 11 is 10.5. The van der Waals surface area contributed by atoms with Gasteiger partial charge in [0.25, 0.3) is 5.56 Å². The summed E-state index contributed by atoms with van der Waals surface area (Å²) < 4.78 is 14.4. The van der Waals surface area contributed by atoms with Crippen LogP contribution in [0, 0.1) is 12.3 Å². The molecule has 0 atom stereocenters. The highest BCUT2D eigenvalue weighted by molar-refractivity contribution is 9.13. The summed E-state index contributed by atoms with van der Waals surface area (Å²) in [5.74, 6) is 3.93. The van der Waals surface area contributed by atoms with Crippen LogP contribution in [0.2, 0.25) is 0 Å². The number of methoxy groups -OCH3 is 1. The van der Waals surface area contributed by atoms with Gasteiger partial charge < -0.3 is 9.47 Å². The Hall–Kier alpha value is -2.15. The molecule has 0 spiro atoms. The van der Waals surface area contributed by atoms with Crippen LogP contribution in [0.1, 0.15) is 31.2 Å². The van der Waals surface area contributed by atoms with Gasteiger partial charge in [0.1, 0.15) is 12.4 Å². The molecule has 0 unspecified atom stereocenters. The van der Waals surface area contributed by atoms with E-state index in [1.54, 1.807) is 18.3 Å². The molecule has 2 aromatic carbocycles. The van der Waals surface area contributed by atoms with Gasteiger partial charge in [0.2, 0.25) is 0 Å². The van der Waals surface area contributed by atoms with E-state index in [1.807, 2.05) is 26.0 Å². The minimum absolute atomic E-state index is 0.0119. The first-order valence-electron chi connectivity index (χ1n) is 9.17. The minimum atomic E-state index is -0.248. The van der Waals surface area contributed by atoms with Gasteiger partial charge in [0.15, 0.2) is 11.5 Å². The van der Waals surface area contributed by atoms with Crippen molar-refractivity contribution in [1.82, 2.24) is 9.66 Å². The summed E-state index contributed by atoms with van der Waals surface area (Å²) in [6, 6.07) is 7.16. The summed E-state index contributed by atoms with van der Waals surface area (Å²) in [5.41, 5.74) is 1.05. The van der Waals surface area contributed by atoms with Gasteiger partial charge >= 0.3 is 0 Å². The number of halogens is 3. The lowest BCUT2D eigenvalue weighted by atomic mass is 10.2. The summed E-state index contributed by atoms with van der Waals surface area (Å²) in [6.45, 7) is 4.03. The largest absolute Gasteiger partial charge is 0.493 e. The van der Waals surface area contributed by atoms with E-state index in [2.05, 4.69) is 63.8 Å². The topological polar surface area (TPSA) is 65.7 Å². The summed E-state index contributed by atoms with van der Waals surface area (Å²) in [7, 11) is 1.53. The molecule has 0 aliphatic carbocycles. The number of nitrogens with zero attached hydrogens (tertiary/aromatic N) is 3. The van der Waals surface area contributed by atoms with Crippen molar-refractivity contribution >= 4 is 64.9 Å². The Kier molecular flexibility index (Phi) is 7.57. The van der Waals surface area contributed by atoms with E-state index >= 15 is 0 Å². The molecule has 0 aliphatic heterocycles. The van der Waals surface area contributed by atoms with Crippen LogP contribution in [0.5, 0.6) is 11.5 Å². The average Bonchev–Trinajstić information content (AvgIpc) is 2.75. The highest BCUT2D eigenvalue weighted by Gasteiger charge is 2.17. The summed E-state index contributed by atoms with van der Waals surface area (Å²) in [4.78, 5) is 17.8. The van der Waals surface area contributed by atoms with Gasteiger partial charge in [-0.1, -0.05) is 35.7 Å². The zero-order valence-electron chi connectivity index (χ0n) is 16.9. The lowest BCUT2D eigenvalue weighted by Gasteiger charge is -2.14. The van der Waals surface area contributed by atoms with Crippen LogP contribution in [0.15, 0.2) is 47.6 Å². The van der Waals surface area contributed by atoms with Crippen molar-refractivity contribution in [3.63, 3.8) is 0 Å². The van der Waals surface area contributed by atoms with Crippen molar-refractivity contribution in [2.45, 2.75) is 19.8 Å². The van der Waals surface area contributed by atoms with Crippen molar-refractivity contribution < 1.29 is 9.47 Å². The normalized spacial score (nSPS) is 11.3. The minimum Gasteiger partial charge on any atom is -0.493 e. The maximum absolute atomic E-state index is 13.2. The predicted octanol–water partition coefficient (Wildman–Crippen LogP) is 5.71. The van der Waals surface area contributed by atoms with Crippen LogP contribution in [-0.4, -0.2) is 29.6 Å². The predicted molar refractivity (Wildman–Crippen MR) is 134 cm³/mol. The van der Waals surface area contributed by atoms with Gasteiger partial charge in [-0.15, -0.1) is 6.42 Å². The van der Waals surface area contributed by atoms with Crippen molar-refractivity contribution in [1.29, 1.82) is 0 Å². The average molecular weight is 612 g/mol. The molecule has 0 saturated carbocycles. The van der Waals surface area contributed by atoms with E-state index in [1.165, 1.54) is 11.8 Å². The third-order valence-electron chi connectivity index (χ3n) is 4.34. The number of ether oxygens (including phenoxy) is 2. The number of benzene rings is 2. The van der Waals surface area contributed by atoms with Crippen LogP contribution >= 0.6 is 47.8 Å². The molecule has 9 heteroatoms. The molecule has 0 radical (unpaired) electrons. The third kappa shape index (κ3) is 4.86. The monoisotopic (exact) mass is 609 g/mol. The quantitative estimate of drug-likeness (QED) is 0.265. The second-order valence-corrected chi connectivity index (χ2v) is 9.27. The van der Waals surface area contributed by atoms with E-state index in [4.69, 9.17) is 15.9 Å². The lowest BCUT2D eigenvalue weighted by molar-refractivity contribution is 0.328. The van der Waals surface area contributed by atoms with Crippen LogP contribution < -0.4 is 15.0 Å². The number of hydrogen-bond acceptors (Lipinski definition) is 5. The Labute approximate surface area is 205 Å². The molecular weight excluding hydrogens is 594 g/mol. The van der Waals surface area contributed by atoms with Gasteiger partial charge in [-0.3, -0.25) is 4.79 Å². The maximum Gasteiger partial charge on any atom is 0.282 e. The highest BCUT2D eigenvalue weighted by Crippen LogP contribution is 2.42. The number of aromatic nitrogens is 2. The molecule has 0 N–H and O–H groups in total. The molecule has 31 heavy (non-hydrogen) atoms. The third-order valence-corrected chi connectivity index (χ3v) is 6.97. The van der Waals surface area contributed by atoms with Crippen LogP contribution in [-0.2, 0) is 0 Å². The molecule has 3 aromatic rings. The Morgan fingerprint density at radius 1 is 1.26 bits per heavy atom. The molecule has 3 rings (SSSR count). The zero-order chi connectivity index (χ0) is 22.7. The Morgan fingerprint density at radius 3 is 2.65 bits per heavy atom. The second kappa shape index (κ2) is 9.98. The number of fused-ring (bicyclic) bond motifs is 1. The molecule has 1 heterocycles. The number of terminal acetylenes is 1. The second-order valence-electron chi connectivity index (χ2n) is 6.77. The van der Waals surface area contributed by atoms with Gasteiger partial charge in [-0.05, 0) is 56.1 Å². The summed E-state index contributed by atoms with van der Waals surface area (Å²) in [6.07, 6.45) is 6.86. The zero-order valence-corrected chi connectivity index (χ0v) is 21.7. The van der Waals surface area contributed by atoms with Gasteiger partial charge in [-0.25, -0.2) is 4.98 Å². The first-order valence-corrected chi connectivity index (χ1v) is 11.5. The number of rotatable bonds is 6. The molecular formula is C22H18Br3N3O3. The van der Waals surface area contributed by atoms with E-state index in [-0.39, 0.29) is 18.1 Å². The lowest BCUT2D eigenvalue weighted by Crippen LogP contribution is -2.23. The van der Waals surface area contributed by atoms with Gasteiger partial charge in [-0.2, -0.15) is 9.78 Å². The van der Waals surface area contributed by atoms with Gasteiger partial charge in [0.05, 0.1) is 28.7 Å². The molecule has 1 aromatic heterocycles. The van der Waals surface area contributed by atoms with Crippen LogP contribution in [0.3, 0.4) is 0 Å². The molecule has 0 saturated heterocycles. The molecule has 0 fully saturated rings. The molecule has 6 nitrogen and oxygen atoms in total. The first kappa shape index (κ1) is 23.5. The fourth-order valence-corrected chi connectivity index (χ4v) is 4.17. The van der Waals surface area contributed by atoms with Crippen molar-refractivity contribution in [2.24, 2.45) is 5.10 Å². The van der Waals surface area contributed by atoms with E-state index in [9.17, 15) is 4.79 Å². The molecule has 0 amide bonds. The Morgan fingerprint density at radius 2 is 2.00 bits per heavy atom.